The van der Waals surface area contributed by atoms with E-state index in [9.17, 15) is 19.8 Å². The van der Waals surface area contributed by atoms with Crippen molar-refractivity contribution in [2.24, 2.45) is 5.92 Å². The molecule has 7 atom stereocenters. The van der Waals surface area contributed by atoms with Crippen LogP contribution in [0.4, 0.5) is 0 Å². The number of aliphatic hydroxyl groups excluding tert-OH is 2. The van der Waals surface area contributed by atoms with Gasteiger partial charge in [0.15, 0.2) is 12.1 Å². The number of allylic oxidation sites excluding steroid dienone is 3. The summed E-state index contributed by atoms with van der Waals surface area (Å²) in [5.41, 5.74) is -0.639. The highest BCUT2D eigenvalue weighted by atomic mass is 35.5. The molecule has 1 aliphatic carbocycles. The minimum atomic E-state index is -1.63. The zero-order valence-corrected chi connectivity index (χ0v) is 21.3. The van der Waals surface area contributed by atoms with Crippen LogP contribution in [0.15, 0.2) is 23.8 Å². The summed E-state index contributed by atoms with van der Waals surface area (Å²) in [7, 11) is 1.39. The smallest absolute Gasteiger partial charge is 0.244 e. The fourth-order valence-corrected chi connectivity index (χ4v) is 5.31. The lowest BCUT2D eigenvalue weighted by molar-refractivity contribution is -0.231. The van der Waals surface area contributed by atoms with Gasteiger partial charge in [-0.2, -0.15) is 0 Å². The number of rotatable bonds is 10. The number of carbonyl (C=O) groups is 2. The van der Waals surface area contributed by atoms with E-state index in [0.717, 1.165) is 12.0 Å². The van der Waals surface area contributed by atoms with Crippen LogP contribution in [0.25, 0.3) is 0 Å². The number of amides is 1. The van der Waals surface area contributed by atoms with Crippen molar-refractivity contribution in [3.8, 4) is 0 Å². The van der Waals surface area contributed by atoms with E-state index in [4.69, 9.17) is 32.7 Å². The first-order valence-electron chi connectivity index (χ1n) is 11.6. The number of carbonyl (C=O) groups excluding carboxylic acids is 2. The summed E-state index contributed by atoms with van der Waals surface area (Å²) in [4.78, 5) is 24.6. The Morgan fingerprint density at radius 2 is 1.88 bits per heavy atom. The highest BCUT2D eigenvalue weighted by Crippen LogP contribution is 2.44. The van der Waals surface area contributed by atoms with E-state index in [-0.39, 0.29) is 12.3 Å². The summed E-state index contributed by atoms with van der Waals surface area (Å²) >= 11 is 12.1. The van der Waals surface area contributed by atoms with Crippen molar-refractivity contribution in [2.45, 2.75) is 100 Å². The molecule has 1 saturated carbocycles. The van der Waals surface area contributed by atoms with Crippen molar-refractivity contribution in [3.63, 3.8) is 0 Å². The van der Waals surface area contributed by atoms with Gasteiger partial charge in [-0.1, -0.05) is 57.3 Å². The van der Waals surface area contributed by atoms with Crippen LogP contribution in [-0.2, 0) is 19.1 Å². The second-order valence-corrected chi connectivity index (χ2v) is 10.1. The number of unbranched alkanes of at least 4 members (excludes halogenated alkanes) is 3. The Morgan fingerprint density at radius 3 is 2.45 bits per heavy atom. The molecule has 2 rings (SSSR count). The highest BCUT2D eigenvalue weighted by Gasteiger charge is 2.64. The van der Waals surface area contributed by atoms with Crippen molar-refractivity contribution in [2.75, 3.05) is 7.11 Å². The molecule has 2 fully saturated rings. The van der Waals surface area contributed by atoms with E-state index in [0.29, 0.717) is 5.92 Å². The van der Waals surface area contributed by atoms with Crippen LogP contribution in [0.5, 0.6) is 0 Å². The van der Waals surface area contributed by atoms with Gasteiger partial charge in [0.05, 0.1) is 6.04 Å². The molecule has 0 unspecified atom stereocenters. The van der Waals surface area contributed by atoms with Gasteiger partial charge in [-0.15, -0.1) is 23.2 Å². The van der Waals surface area contributed by atoms with Gasteiger partial charge in [-0.3, -0.25) is 9.59 Å². The van der Waals surface area contributed by atoms with Crippen molar-refractivity contribution < 1.29 is 29.3 Å². The molecule has 2 aliphatic rings. The van der Waals surface area contributed by atoms with Gasteiger partial charge in [0, 0.05) is 19.6 Å². The summed E-state index contributed by atoms with van der Waals surface area (Å²) in [5.74, 6) is -0.606. The molecule has 1 spiro atoms. The Labute approximate surface area is 206 Å². The maximum absolute atomic E-state index is 12.5. The third kappa shape index (κ3) is 6.80. The number of nitrogens with one attached hydrogen (secondary N) is 1. The summed E-state index contributed by atoms with van der Waals surface area (Å²) in [6.07, 6.45) is 7.37. The molecule has 0 aromatic carbocycles. The van der Waals surface area contributed by atoms with Crippen LogP contribution in [0.2, 0.25) is 0 Å². The predicted octanol–water partition coefficient (Wildman–Crippen LogP) is 3.23. The Kier molecular flexibility index (Phi) is 10.8. The largest absolute Gasteiger partial charge is 0.388 e. The van der Waals surface area contributed by atoms with E-state index < -0.39 is 46.7 Å². The number of Topliss-reactive ketones (excluding diaryl/α,β-unsaturated/α-hetero) is 1. The average molecular weight is 506 g/mol. The fourth-order valence-electron chi connectivity index (χ4n) is 4.55. The Hall–Kier alpha value is -0.960. The standard InChI is InChI=1S/C24H37Cl2NO6/c1-5-6-7-8-9-14(2)12-15(3)10-11-17(28)27-16-13-24(33-23(16)32-4)21(30)18(25)20(29)19(26)22(24)31/h10-12,14,16,18-19,21-23,30-31H,5-9,13H2,1-4H3,(H,27,28)/b11-10+,15-12+/t14-,16+,18+,19+,21-,22-,23-/m1/s1. The van der Waals surface area contributed by atoms with E-state index in [1.54, 1.807) is 6.08 Å². The second kappa shape index (κ2) is 12.7. The quantitative estimate of drug-likeness (QED) is 0.182. The molecule has 3 N–H and O–H groups in total. The lowest BCUT2D eigenvalue weighted by atomic mass is 9.76. The van der Waals surface area contributed by atoms with E-state index in [1.807, 2.05) is 6.92 Å². The van der Waals surface area contributed by atoms with Crippen molar-refractivity contribution >= 4 is 34.9 Å². The maximum Gasteiger partial charge on any atom is 0.244 e. The van der Waals surface area contributed by atoms with Gasteiger partial charge in [0.2, 0.25) is 5.91 Å². The third-order valence-corrected chi connectivity index (χ3v) is 7.33. The molecule has 7 nitrogen and oxygen atoms in total. The van der Waals surface area contributed by atoms with Crippen LogP contribution >= 0.6 is 23.2 Å². The monoisotopic (exact) mass is 505 g/mol. The van der Waals surface area contributed by atoms with E-state index >= 15 is 0 Å². The van der Waals surface area contributed by atoms with Gasteiger partial charge in [0.25, 0.3) is 0 Å². The van der Waals surface area contributed by atoms with Gasteiger partial charge >= 0.3 is 0 Å². The molecule has 0 bridgehead atoms. The van der Waals surface area contributed by atoms with Crippen molar-refractivity contribution in [3.05, 3.63) is 23.8 Å². The minimum absolute atomic E-state index is 0.0171. The van der Waals surface area contributed by atoms with Gasteiger partial charge in [0.1, 0.15) is 28.6 Å². The van der Waals surface area contributed by atoms with Gasteiger partial charge in [-0.05, 0) is 19.3 Å². The van der Waals surface area contributed by atoms with E-state index in [2.05, 4.69) is 25.2 Å². The molecular weight excluding hydrogens is 469 g/mol. The first kappa shape index (κ1) is 28.3. The Bertz CT molecular complexity index is 724. The molecule has 0 aromatic heterocycles. The van der Waals surface area contributed by atoms with Crippen LogP contribution < -0.4 is 5.32 Å². The predicted molar refractivity (Wildman–Crippen MR) is 128 cm³/mol. The second-order valence-electron chi connectivity index (χ2n) is 9.16. The lowest BCUT2D eigenvalue weighted by Gasteiger charge is -2.44. The Morgan fingerprint density at radius 1 is 1.24 bits per heavy atom. The molecule has 1 aliphatic heterocycles. The van der Waals surface area contributed by atoms with Crippen molar-refractivity contribution in [1.82, 2.24) is 5.32 Å². The number of ether oxygens (including phenoxy) is 2. The molecular formula is C24H37Cl2NO6. The van der Waals surface area contributed by atoms with Gasteiger partial charge in [-0.25, -0.2) is 0 Å². The van der Waals surface area contributed by atoms with Crippen molar-refractivity contribution in [1.29, 1.82) is 0 Å². The van der Waals surface area contributed by atoms with Crippen LogP contribution in [0, 0.1) is 5.92 Å². The highest BCUT2D eigenvalue weighted by molar-refractivity contribution is 6.41. The zero-order valence-electron chi connectivity index (χ0n) is 19.8. The fraction of sp³-hybridized carbons (Fsp3) is 0.750. The molecule has 1 heterocycles. The number of hydrogen-bond donors (Lipinski definition) is 3. The molecule has 0 radical (unpaired) electrons. The first-order valence-corrected chi connectivity index (χ1v) is 12.5. The summed E-state index contributed by atoms with van der Waals surface area (Å²) in [6, 6.07) is -0.681. The first-order chi connectivity index (χ1) is 15.6. The average Bonchev–Trinajstić information content (AvgIpc) is 3.16. The molecule has 188 valence electrons. The summed E-state index contributed by atoms with van der Waals surface area (Å²) in [5, 5.41) is 21.4. The summed E-state index contributed by atoms with van der Waals surface area (Å²) in [6.45, 7) is 6.31. The minimum Gasteiger partial charge on any atom is -0.388 e. The maximum atomic E-state index is 12.5. The van der Waals surface area contributed by atoms with Crippen LogP contribution in [-0.4, -0.2) is 69.9 Å². The molecule has 9 heteroatoms. The normalized spacial score (nSPS) is 36.0. The Balaban J connectivity index is 2.00. The molecule has 1 amide bonds. The van der Waals surface area contributed by atoms with Gasteiger partial charge < -0.3 is 25.0 Å². The molecule has 33 heavy (non-hydrogen) atoms. The molecule has 0 aromatic rings. The van der Waals surface area contributed by atoms with Crippen LogP contribution in [0.1, 0.15) is 59.3 Å². The number of ketones is 1. The number of hydrogen-bond acceptors (Lipinski definition) is 6. The number of aliphatic hydroxyl groups is 2. The zero-order chi connectivity index (χ0) is 24.8. The SMILES string of the molecule is CCCCCC[C@@H](C)/C=C(C)/C=C/C(=O)N[C@H]1CC2(O[C@H]1OC)[C@H](O)[C@@H](Cl)C(=O)[C@H](Cl)[C@H]2O. The summed E-state index contributed by atoms with van der Waals surface area (Å²) < 4.78 is 11.1. The molecule has 1 saturated heterocycles. The van der Waals surface area contributed by atoms with Crippen LogP contribution in [0.3, 0.4) is 0 Å². The third-order valence-electron chi connectivity index (χ3n) is 6.42. The number of halogens is 2. The van der Waals surface area contributed by atoms with E-state index in [1.165, 1.54) is 38.9 Å². The number of alkyl halides is 2. The lowest BCUT2D eigenvalue weighted by Crippen LogP contribution is -2.67. The topological polar surface area (TPSA) is 105 Å². The number of methoxy groups -OCH3 is 1.